The van der Waals surface area contributed by atoms with Crippen LogP contribution in [0.4, 0.5) is 11.4 Å². The zero-order chi connectivity index (χ0) is 24.7. The van der Waals surface area contributed by atoms with Crippen molar-refractivity contribution in [1.29, 1.82) is 0 Å². The molecule has 3 aliphatic heterocycles. The number of aryl methyl sites for hydroxylation is 2. The fourth-order valence-electron chi connectivity index (χ4n) is 6.05. The van der Waals surface area contributed by atoms with Gasteiger partial charge in [0.05, 0.1) is 16.6 Å². The summed E-state index contributed by atoms with van der Waals surface area (Å²) in [7, 11) is 0. The third kappa shape index (κ3) is 4.02. The van der Waals surface area contributed by atoms with Crippen molar-refractivity contribution in [2.24, 2.45) is 11.8 Å². The normalized spacial score (nSPS) is 28.8. The van der Waals surface area contributed by atoms with Gasteiger partial charge in [-0.1, -0.05) is 30.3 Å². The summed E-state index contributed by atoms with van der Waals surface area (Å²) < 4.78 is -0.641. The maximum atomic E-state index is 13.8. The van der Waals surface area contributed by atoms with Crippen LogP contribution in [-0.4, -0.2) is 56.9 Å². The number of anilines is 2. The van der Waals surface area contributed by atoms with Gasteiger partial charge in [0.15, 0.2) is 0 Å². The highest BCUT2D eigenvalue weighted by molar-refractivity contribution is 8.02. The van der Waals surface area contributed by atoms with Crippen molar-refractivity contribution in [3.63, 3.8) is 0 Å². The van der Waals surface area contributed by atoms with Crippen molar-refractivity contribution >= 4 is 40.9 Å². The molecule has 0 aliphatic carbocycles. The van der Waals surface area contributed by atoms with E-state index in [1.54, 1.807) is 16.7 Å². The van der Waals surface area contributed by atoms with E-state index in [0.29, 0.717) is 18.5 Å². The molecule has 3 heterocycles. The van der Waals surface area contributed by atoms with Gasteiger partial charge in [-0.25, -0.2) is 0 Å². The molecular weight excluding hydrogens is 462 g/mol. The Labute approximate surface area is 209 Å². The Morgan fingerprint density at radius 3 is 2.63 bits per heavy atom. The van der Waals surface area contributed by atoms with Crippen molar-refractivity contribution in [3.05, 3.63) is 59.7 Å². The number of carbonyl (C=O) groups excluding carboxylic acids is 3. The smallest absolute Gasteiger partial charge is 0.248 e. The lowest BCUT2D eigenvalue weighted by atomic mass is 9.70. The lowest BCUT2D eigenvalue weighted by Gasteiger charge is -2.34. The first kappa shape index (κ1) is 23.9. The number of aliphatic hydroxyl groups excluding tert-OH is 1. The van der Waals surface area contributed by atoms with E-state index in [4.69, 9.17) is 0 Å². The highest BCUT2D eigenvalue weighted by atomic mass is 32.2. The quantitative estimate of drug-likeness (QED) is 0.550. The van der Waals surface area contributed by atoms with Crippen molar-refractivity contribution in [1.82, 2.24) is 4.90 Å². The van der Waals surface area contributed by atoms with Gasteiger partial charge in [-0.3, -0.25) is 14.4 Å². The molecule has 5 rings (SSSR count). The van der Waals surface area contributed by atoms with Crippen LogP contribution in [0.5, 0.6) is 0 Å². The number of rotatable bonds is 7. The standard InChI is InChI=1S/C27H31N3O4S/c1-16-9-10-17(2)19(15-16)29-25(33)23-27-12-11-20(35-27)21(22(27)26(34)30(23)13-6-14-31)24(32)28-18-7-4-3-5-8-18/h3-5,7-10,15,20-23,31H,6,11-14H2,1-2H3,(H,28,32)(H,29,33)/t20-,21+,22+,23?,27?/m1/s1. The van der Waals surface area contributed by atoms with Crippen molar-refractivity contribution in [2.45, 2.75) is 49.1 Å². The average molecular weight is 494 g/mol. The van der Waals surface area contributed by atoms with Crippen LogP contribution in [0.1, 0.15) is 30.4 Å². The van der Waals surface area contributed by atoms with E-state index in [1.807, 2.05) is 62.4 Å². The van der Waals surface area contributed by atoms with E-state index in [2.05, 4.69) is 10.6 Å². The molecule has 2 bridgehead atoms. The summed E-state index contributed by atoms with van der Waals surface area (Å²) >= 11 is 1.65. The van der Waals surface area contributed by atoms with Gasteiger partial charge in [-0.2, -0.15) is 0 Å². The number of hydrogen-bond donors (Lipinski definition) is 3. The fourth-order valence-corrected chi connectivity index (χ4v) is 8.27. The molecule has 1 spiro atoms. The van der Waals surface area contributed by atoms with Crippen LogP contribution in [0.2, 0.25) is 0 Å². The number of thioether (sulfide) groups is 1. The molecule has 0 radical (unpaired) electrons. The number of amides is 3. The monoisotopic (exact) mass is 493 g/mol. The summed E-state index contributed by atoms with van der Waals surface area (Å²) in [6.45, 7) is 4.14. The maximum Gasteiger partial charge on any atom is 0.248 e. The topological polar surface area (TPSA) is 98.7 Å². The van der Waals surface area contributed by atoms with Crippen molar-refractivity contribution < 1.29 is 19.5 Å². The summed E-state index contributed by atoms with van der Waals surface area (Å²) in [6.07, 6.45) is 1.90. The lowest BCUT2D eigenvalue weighted by molar-refractivity contribution is -0.138. The molecule has 3 fully saturated rings. The second kappa shape index (κ2) is 9.32. The number of benzene rings is 2. The Morgan fingerprint density at radius 2 is 1.89 bits per heavy atom. The Bertz CT molecular complexity index is 1160. The molecule has 3 amide bonds. The Hall–Kier alpha value is -2.84. The summed E-state index contributed by atoms with van der Waals surface area (Å²) in [5.74, 6) is -1.57. The van der Waals surface area contributed by atoms with Crippen LogP contribution in [0.15, 0.2) is 48.5 Å². The largest absolute Gasteiger partial charge is 0.396 e. The summed E-state index contributed by atoms with van der Waals surface area (Å²) in [5.41, 5.74) is 3.43. The van der Waals surface area contributed by atoms with E-state index in [1.165, 1.54) is 0 Å². The molecule has 3 saturated heterocycles. The van der Waals surface area contributed by atoms with E-state index >= 15 is 0 Å². The number of nitrogens with one attached hydrogen (secondary N) is 2. The predicted octanol–water partition coefficient (Wildman–Crippen LogP) is 3.35. The SMILES string of the molecule is Cc1ccc(C)c(NC(=O)C2N(CCCO)C(=O)[C@@H]3[C@@H](C(=O)Nc4ccccc4)[C@H]4CCC23S4)c1. The van der Waals surface area contributed by atoms with Gasteiger partial charge in [0.2, 0.25) is 17.7 Å². The minimum Gasteiger partial charge on any atom is -0.396 e. The first-order chi connectivity index (χ1) is 16.9. The average Bonchev–Trinajstić information content (AvgIpc) is 3.48. The second-order valence-electron chi connectivity index (χ2n) is 9.83. The molecule has 2 unspecified atom stereocenters. The predicted molar refractivity (Wildman–Crippen MR) is 137 cm³/mol. The highest BCUT2D eigenvalue weighted by Crippen LogP contribution is 2.66. The number of hydrogen-bond acceptors (Lipinski definition) is 5. The zero-order valence-corrected chi connectivity index (χ0v) is 20.8. The summed E-state index contributed by atoms with van der Waals surface area (Å²) in [5, 5.41) is 15.5. The van der Waals surface area contributed by atoms with Gasteiger partial charge >= 0.3 is 0 Å². The lowest BCUT2D eigenvalue weighted by Crippen LogP contribution is -2.51. The first-order valence-corrected chi connectivity index (χ1v) is 13.1. The molecule has 5 atom stereocenters. The minimum atomic E-state index is -0.684. The number of fused-ring (bicyclic) bond motifs is 1. The Morgan fingerprint density at radius 1 is 1.11 bits per heavy atom. The number of para-hydroxylation sites is 1. The maximum absolute atomic E-state index is 13.8. The van der Waals surface area contributed by atoms with Gasteiger partial charge < -0.3 is 20.6 Å². The molecule has 0 aromatic heterocycles. The van der Waals surface area contributed by atoms with E-state index in [9.17, 15) is 19.5 Å². The zero-order valence-electron chi connectivity index (χ0n) is 20.0. The number of aliphatic hydroxyl groups is 1. The third-order valence-corrected chi connectivity index (χ3v) is 9.55. The van der Waals surface area contributed by atoms with Gasteiger partial charge in [0, 0.05) is 29.8 Å². The summed E-state index contributed by atoms with van der Waals surface area (Å²) in [6, 6.07) is 14.5. The van der Waals surface area contributed by atoms with Gasteiger partial charge in [0.25, 0.3) is 0 Å². The molecule has 3 aliphatic rings. The molecule has 2 aromatic carbocycles. The number of carbonyl (C=O) groups is 3. The van der Waals surface area contributed by atoms with Crippen molar-refractivity contribution in [2.75, 3.05) is 23.8 Å². The van der Waals surface area contributed by atoms with Crippen LogP contribution < -0.4 is 10.6 Å². The Balaban J connectivity index is 1.47. The molecule has 35 heavy (non-hydrogen) atoms. The van der Waals surface area contributed by atoms with E-state index < -0.39 is 22.6 Å². The van der Waals surface area contributed by atoms with E-state index in [-0.39, 0.29) is 36.1 Å². The molecule has 8 heteroatoms. The molecule has 7 nitrogen and oxygen atoms in total. The first-order valence-electron chi connectivity index (χ1n) is 12.2. The second-order valence-corrected chi connectivity index (χ2v) is 11.4. The fraction of sp³-hybridized carbons (Fsp3) is 0.444. The Kier molecular flexibility index (Phi) is 6.36. The molecule has 2 aromatic rings. The van der Waals surface area contributed by atoms with Gasteiger partial charge in [-0.05, 0) is 62.4 Å². The van der Waals surface area contributed by atoms with Crippen LogP contribution >= 0.6 is 11.8 Å². The molecular formula is C27H31N3O4S. The van der Waals surface area contributed by atoms with Crippen LogP contribution in [0, 0.1) is 25.7 Å². The molecule has 184 valence electrons. The third-order valence-electron chi connectivity index (χ3n) is 7.60. The molecule has 3 N–H and O–H groups in total. The highest BCUT2D eigenvalue weighted by Gasteiger charge is 2.73. The minimum absolute atomic E-state index is 0.00339. The number of likely N-dealkylation sites (tertiary alicyclic amines) is 1. The van der Waals surface area contributed by atoms with Gasteiger partial charge in [0.1, 0.15) is 6.04 Å². The number of nitrogens with zero attached hydrogens (tertiary/aromatic N) is 1. The van der Waals surface area contributed by atoms with Gasteiger partial charge in [-0.15, -0.1) is 11.8 Å². The van der Waals surface area contributed by atoms with E-state index in [0.717, 1.165) is 23.2 Å². The van der Waals surface area contributed by atoms with Crippen molar-refractivity contribution in [3.8, 4) is 0 Å². The van der Waals surface area contributed by atoms with Crippen LogP contribution in [0.3, 0.4) is 0 Å². The molecule has 0 saturated carbocycles. The van der Waals surface area contributed by atoms with Crippen LogP contribution in [0.25, 0.3) is 0 Å². The summed E-state index contributed by atoms with van der Waals surface area (Å²) in [4.78, 5) is 42.7. The van der Waals surface area contributed by atoms with Crippen LogP contribution in [-0.2, 0) is 14.4 Å².